The van der Waals surface area contributed by atoms with E-state index in [1.54, 1.807) is 27.7 Å². The van der Waals surface area contributed by atoms with Gasteiger partial charge in [-0.3, -0.25) is 4.68 Å². The second-order valence-electron chi connectivity index (χ2n) is 5.14. The SMILES string of the molecule is CCOC(=O)c1cnn(CCS(=O)(=O)C(C)(C)C)c1. The molecule has 0 saturated heterocycles. The Labute approximate surface area is 113 Å². The topological polar surface area (TPSA) is 78.3 Å². The molecule has 0 aliphatic carbocycles. The van der Waals surface area contributed by atoms with E-state index in [1.165, 1.54) is 17.1 Å². The van der Waals surface area contributed by atoms with Crippen LogP contribution in [0.3, 0.4) is 0 Å². The lowest BCUT2D eigenvalue weighted by molar-refractivity contribution is 0.0526. The summed E-state index contributed by atoms with van der Waals surface area (Å²) in [4.78, 5) is 11.4. The maximum atomic E-state index is 11.9. The van der Waals surface area contributed by atoms with E-state index in [0.717, 1.165) is 0 Å². The van der Waals surface area contributed by atoms with E-state index in [9.17, 15) is 13.2 Å². The van der Waals surface area contributed by atoms with Crippen LogP contribution in [-0.2, 0) is 21.1 Å². The van der Waals surface area contributed by atoms with Crippen LogP contribution in [-0.4, -0.2) is 41.3 Å². The highest BCUT2D eigenvalue weighted by atomic mass is 32.2. The average Bonchev–Trinajstić information content (AvgIpc) is 2.74. The number of hydrogen-bond acceptors (Lipinski definition) is 5. The fourth-order valence-corrected chi connectivity index (χ4v) is 2.37. The van der Waals surface area contributed by atoms with Crippen LogP contribution in [0.2, 0.25) is 0 Å². The lowest BCUT2D eigenvalue weighted by Crippen LogP contribution is -2.32. The van der Waals surface area contributed by atoms with Gasteiger partial charge in [-0.15, -0.1) is 0 Å². The van der Waals surface area contributed by atoms with Crippen molar-refractivity contribution in [2.75, 3.05) is 12.4 Å². The third-order valence-electron chi connectivity index (χ3n) is 2.67. The van der Waals surface area contributed by atoms with Gasteiger partial charge in [0.25, 0.3) is 0 Å². The number of nitrogens with zero attached hydrogens (tertiary/aromatic N) is 2. The predicted molar refractivity (Wildman–Crippen MR) is 71.7 cm³/mol. The van der Waals surface area contributed by atoms with Gasteiger partial charge in [-0.05, 0) is 27.7 Å². The van der Waals surface area contributed by atoms with Crippen LogP contribution in [0.15, 0.2) is 12.4 Å². The molecule has 108 valence electrons. The summed E-state index contributed by atoms with van der Waals surface area (Å²) >= 11 is 0. The van der Waals surface area contributed by atoms with Crippen molar-refractivity contribution in [2.45, 2.75) is 39.0 Å². The summed E-state index contributed by atoms with van der Waals surface area (Å²) in [6.07, 6.45) is 2.87. The fraction of sp³-hybridized carbons (Fsp3) is 0.667. The van der Waals surface area contributed by atoms with Crippen molar-refractivity contribution in [1.29, 1.82) is 0 Å². The highest BCUT2D eigenvalue weighted by molar-refractivity contribution is 7.92. The van der Waals surface area contributed by atoms with Gasteiger partial charge in [-0.1, -0.05) is 0 Å². The Morgan fingerprint density at radius 3 is 2.58 bits per heavy atom. The highest BCUT2D eigenvalue weighted by Gasteiger charge is 2.28. The molecule has 0 N–H and O–H groups in total. The largest absolute Gasteiger partial charge is 0.462 e. The smallest absolute Gasteiger partial charge is 0.341 e. The Kier molecular flexibility index (Phi) is 4.73. The Morgan fingerprint density at radius 1 is 1.42 bits per heavy atom. The van der Waals surface area contributed by atoms with Crippen molar-refractivity contribution >= 4 is 15.8 Å². The lowest BCUT2D eigenvalue weighted by atomic mass is 10.3. The van der Waals surface area contributed by atoms with Crippen LogP contribution in [0.25, 0.3) is 0 Å². The summed E-state index contributed by atoms with van der Waals surface area (Å²) in [5.74, 6) is -0.465. The van der Waals surface area contributed by atoms with Gasteiger partial charge in [0.15, 0.2) is 9.84 Å². The maximum Gasteiger partial charge on any atom is 0.341 e. The highest BCUT2D eigenvalue weighted by Crippen LogP contribution is 2.16. The van der Waals surface area contributed by atoms with E-state index in [2.05, 4.69) is 5.10 Å². The minimum Gasteiger partial charge on any atom is -0.462 e. The zero-order chi connectivity index (χ0) is 14.7. The zero-order valence-corrected chi connectivity index (χ0v) is 12.5. The molecule has 0 saturated carbocycles. The Morgan fingerprint density at radius 2 is 2.05 bits per heavy atom. The fourth-order valence-electron chi connectivity index (χ4n) is 1.33. The minimum atomic E-state index is -3.19. The van der Waals surface area contributed by atoms with E-state index in [-0.39, 0.29) is 12.3 Å². The van der Waals surface area contributed by atoms with Crippen molar-refractivity contribution in [3.8, 4) is 0 Å². The van der Waals surface area contributed by atoms with Crippen LogP contribution in [0, 0.1) is 0 Å². The molecular formula is C12H20N2O4S. The van der Waals surface area contributed by atoms with Gasteiger partial charge in [0.1, 0.15) is 0 Å². The van der Waals surface area contributed by atoms with Gasteiger partial charge >= 0.3 is 5.97 Å². The molecule has 6 nitrogen and oxygen atoms in total. The second kappa shape index (κ2) is 5.73. The zero-order valence-electron chi connectivity index (χ0n) is 11.7. The minimum absolute atomic E-state index is 0.0134. The summed E-state index contributed by atoms with van der Waals surface area (Å²) in [5, 5.41) is 3.96. The maximum absolute atomic E-state index is 11.9. The number of aromatic nitrogens is 2. The molecule has 0 bridgehead atoms. The quantitative estimate of drug-likeness (QED) is 0.762. The lowest BCUT2D eigenvalue weighted by Gasteiger charge is -2.18. The van der Waals surface area contributed by atoms with Gasteiger partial charge in [-0.25, -0.2) is 13.2 Å². The number of sulfone groups is 1. The Balaban J connectivity index is 2.68. The summed E-state index contributed by atoms with van der Waals surface area (Å²) in [6, 6.07) is 0. The number of carbonyl (C=O) groups is 1. The normalized spacial score (nSPS) is 12.4. The van der Waals surface area contributed by atoms with Gasteiger partial charge in [0.2, 0.25) is 0 Å². The van der Waals surface area contributed by atoms with Crippen LogP contribution in [0.1, 0.15) is 38.1 Å². The molecule has 0 aliphatic heterocycles. The van der Waals surface area contributed by atoms with Crippen molar-refractivity contribution in [3.63, 3.8) is 0 Å². The molecule has 0 unspecified atom stereocenters. The molecule has 1 aromatic rings. The Bertz CT molecular complexity index is 540. The third-order valence-corrected chi connectivity index (χ3v) is 5.25. The van der Waals surface area contributed by atoms with E-state index >= 15 is 0 Å². The van der Waals surface area contributed by atoms with Crippen molar-refractivity contribution in [2.24, 2.45) is 0 Å². The molecule has 0 aromatic carbocycles. The molecule has 0 radical (unpaired) electrons. The van der Waals surface area contributed by atoms with E-state index in [0.29, 0.717) is 12.2 Å². The van der Waals surface area contributed by atoms with E-state index in [1.807, 2.05) is 0 Å². The first-order chi connectivity index (χ1) is 8.67. The van der Waals surface area contributed by atoms with Crippen LogP contribution >= 0.6 is 0 Å². The summed E-state index contributed by atoms with van der Waals surface area (Å²) in [7, 11) is -3.19. The van der Waals surface area contributed by atoms with Gasteiger partial charge in [0, 0.05) is 6.20 Å². The van der Waals surface area contributed by atoms with E-state index < -0.39 is 20.6 Å². The molecule has 0 spiro atoms. The predicted octanol–water partition coefficient (Wildman–Crippen LogP) is 1.27. The molecule has 1 rings (SSSR count). The van der Waals surface area contributed by atoms with Gasteiger partial charge in [-0.2, -0.15) is 5.10 Å². The number of esters is 1. The first-order valence-corrected chi connectivity index (χ1v) is 7.74. The van der Waals surface area contributed by atoms with E-state index in [4.69, 9.17) is 4.74 Å². The molecule has 0 amide bonds. The number of aryl methyl sites for hydroxylation is 1. The standard InChI is InChI=1S/C12H20N2O4S/c1-5-18-11(15)10-8-13-14(9-10)6-7-19(16,17)12(2,3)4/h8-9H,5-7H2,1-4H3. The molecule has 19 heavy (non-hydrogen) atoms. The summed E-state index contributed by atoms with van der Waals surface area (Å²) in [6.45, 7) is 7.22. The summed E-state index contributed by atoms with van der Waals surface area (Å²) < 4.78 is 29.4. The van der Waals surface area contributed by atoms with Crippen molar-refractivity contribution in [3.05, 3.63) is 18.0 Å². The van der Waals surface area contributed by atoms with Gasteiger partial charge < -0.3 is 4.74 Å². The molecule has 0 atom stereocenters. The van der Waals surface area contributed by atoms with Crippen LogP contribution in [0.4, 0.5) is 0 Å². The molecule has 1 aromatic heterocycles. The second-order valence-corrected chi connectivity index (χ2v) is 8.01. The van der Waals surface area contributed by atoms with Gasteiger partial charge in [0.05, 0.1) is 35.4 Å². The number of rotatable bonds is 5. The molecular weight excluding hydrogens is 268 g/mol. The first-order valence-electron chi connectivity index (χ1n) is 6.09. The molecule has 1 heterocycles. The monoisotopic (exact) mass is 288 g/mol. The molecule has 0 fully saturated rings. The Hall–Kier alpha value is -1.37. The molecule has 0 aliphatic rings. The number of hydrogen-bond donors (Lipinski definition) is 0. The first kappa shape index (κ1) is 15.7. The average molecular weight is 288 g/mol. The van der Waals surface area contributed by atoms with Crippen molar-refractivity contribution in [1.82, 2.24) is 9.78 Å². The molecule has 7 heteroatoms. The third kappa shape index (κ3) is 4.05. The number of ether oxygens (including phenoxy) is 1. The van der Waals surface area contributed by atoms with Crippen molar-refractivity contribution < 1.29 is 17.9 Å². The number of carbonyl (C=O) groups excluding carboxylic acids is 1. The summed E-state index contributed by atoms with van der Waals surface area (Å²) in [5.41, 5.74) is 0.329. The van der Waals surface area contributed by atoms with Crippen LogP contribution in [0.5, 0.6) is 0 Å². The van der Waals surface area contributed by atoms with Crippen LogP contribution < -0.4 is 0 Å².